The van der Waals surface area contributed by atoms with Crippen LogP contribution in [0.1, 0.15) is 10.4 Å². The largest absolute Gasteiger partial charge is 0.298 e. The number of hydrogen-bond acceptors (Lipinski definition) is 2. The second-order valence-corrected chi connectivity index (χ2v) is 6.18. The molecular formula is C9H4BrIOS. The maximum absolute atomic E-state index is 10.6. The highest BCUT2D eigenvalue weighted by atomic mass is 127. The molecule has 13 heavy (non-hydrogen) atoms. The fourth-order valence-electron chi connectivity index (χ4n) is 1.17. The first kappa shape index (κ1) is 9.61. The number of carbonyl (C=O) groups excluding carboxylic acids is 1. The molecule has 0 N–H and O–H groups in total. The molecule has 4 heteroatoms. The number of fused-ring (bicyclic) bond motifs is 1. The Hall–Kier alpha value is 0.0600. The quantitative estimate of drug-likeness (QED) is 0.549. The molecule has 1 heterocycles. The molecule has 0 atom stereocenters. The Kier molecular flexibility index (Phi) is 2.71. The summed E-state index contributed by atoms with van der Waals surface area (Å²) < 4.78 is 3.47. The molecular weight excluding hydrogens is 363 g/mol. The number of halogens is 2. The molecule has 1 nitrogen and oxygen atoms in total. The van der Waals surface area contributed by atoms with E-state index in [4.69, 9.17) is 0 Å². The molecule has 0 saturated heterocycles. The monoisotopic (exact) mass is 366 g/mol. The molecule has 0 aliphatic carbocycles. The normalized spacial score (nSPS) is 10.6. The number of aldehydes is 1. The average molecular weight is 367 g/mol. The van der Waals surface area contributed by atoms with Gasteiger partial charge in [-0.15, -0.1) is 11.3 Å². The van der Waals surface area contributed by atoms with Gasteiger partial charge in [0.05, 0.1) is 3.79 Å². The van der Waals surface area contributed by atoms with Crippen LogP contribution in [0.4, 0.5) is 0 Å². The maximum Gasteiger partial charge on any atom is 0.150 e. The van der Waals surface area contributed by atoms with Gasteiger partial charge in [-0.1, -0.05) is 0 Å². The lowest BCUT2D eigenvalue weighted by atomic mass is 10.2. The topological polar surface area (TPSA) is 17.1 Å². The summed E-state index contributed by atoms with van der Waals surface area (Å²) in [4.78, 5) is 10.6. The van der Waals surface area contributed by atoms with Crippen molar-refractivity contribution in [3.63, 3.8) is 0 Å². The molecule has 0 bridgehead atoms. The van der Waals surface area contributed by atoms with E-state index in [0.717, 1.165) is 24.6 Å². The minimum Gasteiger partial charge on any atom is -0.298 e. The standard InChI is InChI=1S/C9H4BrIOS/c10-8-3-6-1-5(4-12)2-7(11)9(6)13-8/h1-4H. The van der Waals surface area contributed by atoms with Crippen LogP contribution in [-0.4, -0.2) is 6.29 Å². The average Bonchev–Trinajstić information content (AvgIpc) is 2.46. The molecule has 0 aliphatic heterocycles. The minimum atomic E-state index is 0.738. The van der Waals surface area contributed by atoms with E-state index in [1.54, 1.807) is 11.3 Å². The zero-order valence-electron chi connectivity index (χ0n) is 6.38. The van der Waals surface area contributed by atoms with Gasteiger partial charge >= 0.3 is 0 Å². The van der Waals surface area contributed by atoms with Crippen LogP contribution in [0, 0.1) is 3.57 Å². The summed E-state index contributed by atoms with van der Waals surface area (Å²) in [7, 11) is 0. The van der Waals surface area contributed by atoms with Crippen LogP contribution in [0.25, 0.3) is 10.1 Å². The summed E-state index contributed by atoms with van der Waals surface area (Å²) in [5.74, 6) is 0. The number of carbonyl (C=O) groups is 1. The summed E-state index contributed by atoms with van der Waals surface area (Å²) >= 11 is 7.37. The highest BCUT2D eigenvalue weighted by Gasteiger charge is 2.05. The van der Waals surface area contributed by atoms with Crippen molar-refractivity contribution in [2.24, 2.45) is 0 Å². The van der Waals surface area contributed by atoms with E-state index in [-0.39, 0.29) is 0 Å². The zero-order chi connectivity index (χ0) is 9.42. The predicted octanol–water partition coefficient (Wildman–Crippen LogP) is 4.08. The molecule has 1 aromatic heterocycles. The molecule has 0 fully saturated rings. The third-order valence-corrected chi connectivity index (χ3v) is 4.60. The van der Waals surface area contributed by atoms with Gasteiger partial charge in [-0.05, 0) is 62.1 Å². The van der Waals surface area contributed by atoms with Crippen molar-refractivity contribution in [3.05, 3.63) is 31.1 Å². The van der Waals surface area contributed by atoms with Gasteiger partial charge < -0.3 is 0 Å². The Morgan fingerprint density at radius 2 is 2.15 bits per heavy atom. The Morgan fingerprint density at radius 3 is 2.85 bits per heavy atom. The van der Waals surface area contributed by atoms with Crippen molar-refractivity contribution in [1.82, 2.24) is 0 Å². The first-order valence-electron chi connectivity index (χ1n) is 3.54. The van der Waals surface area contributed by atoms with Gasteiger partial charge in [0.2, 0.25) is 0 Å². The highest BCUT2D eigenvalue weighted by Crippen LogP contribution is 2.33. The Labute approximate surface area is 101 Å². The van der Waals surface area contributed by atoms with Gasteiger partial charge in [0.25, 0.3) is 0 Å². The van der Waals surface area contributed by atoms with E-state index >= 15 is 0 Å². The van der Waals surface area contributed by atoms with Gasteiger partial charge in [-0.2, -0.15) is 0 Å². The third-order valence-electron chi connectivity index (χ3n) is 1.70. The SMILES string of the molecule is O=Cc1cc(I)c2sc(Br)cc2c1. The second-order valence-electron chi connectivity index (χ2n) is 2.59. The molecule has 1 aromatic carbocycles. The van der Waals surface area contributed by atoms with Crippen LogP contribution in [0.2, 0.25) is 0 Å². The molecule has 66 valence electrons. The Balaban J connectivity index is 2.82. The molecule has 0 amide bonds. The molecule has 2 aromatic rings. The molecule has 0 saturated carbocycles. The molecule has 2 rings (SSSR count). The third kappa shape index (κ3) is 1.80. The first-order chi connectivity index (χ1) is 6.20. The number of benzene rings is 1. The van der Waals surface area contributed by atoms with Crippen molar-refractivity contribution < 1.29 is 4.79 Å². The van der Waals surface area contributed by atoms with Crippen LogP contribution in [-0.2, 0) is 0 Å². The molecule has 0 unspecified atom stereocenters. The minimum absolute atomic E-state index is 0.738. The summed E-state index contributed by atoms with van der Waals surface area (Å²) in [5.41, 5.74) is 0.738. The van der Waals surface area contributed by atoms with Gasteiger partial charge in [-0.3, -0.25) is 4.79 Å². The van der Waals surface area contributed by atoms with Gasteiger partial charge in [-0.25, -0.2) is 0 Å². The van der Waals surface area contributed by atoms with E-state index in [1.165, 1.54) is 4.70 Å². The number of thiophene rings is 1. The maximum atomic E-state index is 10.6. The van der Waals surface area contributed by atoms with Crippen LogP contribution in [0.5, 0.6) is 0 Å². The second kappa shape index (κ2) is 3.67. The Morgan fingerprint density at radius 1 is 1.38 bits per heavy atom. The van der Waals surface area contributed by atoms with Crippen molar-refractivity contribution >= 4 is 66.2 Å². The van der Waals surface area contributed by atoms with E-state index in [2.05, 4.69) is 38.5 Å². The molecule has 0 aliphatic rings. The summed E-state index contributed by atoms with van der Waals surface area (Å²) in [6, 6.07) is 5.85. The number of rotatable bonds is 1. The summed E-state index contributed by atoms with van der Waals surface area (Å²) in [6.45, 7) is 0. The van der Waals surface area contributed by atoms with Crippen molar-refractivity contribution in [2.45, 2.75) is 0 Å². The fraction of sp³-hybridized carbons (Fsp3) is 0. The zero-order valence-corrected chi connectivity index (χ0v) is 10.9. The Bertz CT molecular complexity index is 478. The van der Waals surface area contributed by atoms with Crippen molar-refractivity contribution in [1.29, 1.82) is 0 Å². The van der Waals surface area contributed by atoms with E-state index in [0.29, 0.717) is 0 Å². The lowest BCUT2D eigenvalue weighted by molar-refractivity contribution is 0.112. The molecule has 0 radical (unpaired) electrons. The molecule has 0 spiro atoms. The van der Waals surface area contributed by atoms with Crippen LogP contribution in [0.3, 0.4) is 0 Å². The van der Waals surface area contributed by atoms with Crippen LogP contribution < -0.4 is 0 Å². The lowest BCUT2D eigenvalue weighted by Gasteiger charge is -1.94. The van der Waals surface area contributed by atoms with Crippen molar-refractivity contribution in [2.75, 3.05) is 0 Å². The number of hydrogen-bond donors (Lipinski definition) is 0. The summed E-state index contributed by atoms with van der Waals surface area (Å²) in [6.07, 6.45) is 0.882. The lowest BCUT2D eigenvalue weighted by Crippen LogP contribution is -1.80. The van der Waals surface area contributed by atoms with Crippen LogP contribution in [0.15, 0.2) is 22.0 Å². The van der Waals surface area contributed by atoms with Gasteiger partial charge in [0, 0.05) is 13.8 Å². The van der Waals surface area contributed by atoms with Gasteiger partial charge in [0.15, 0.2) is 0 Å². The van der Waals surface area contributed by atoms with E-state index in [1.807, 2.05) is 18.2 Å². The fourth-order valence-corrected chi connectivity index (χ4v) is 3.68. The first-order valence-corrected chi connectivity index (χ1v) is 6.23. The highest BCUT2D eigenvalue weighted by molar-refractivity contribution is 14.1. The predicted molar refractivity (Wildman–Crippen MR) is 67.6 cm³/mol. The van der Waals surface area contributed by atoms with E-state index < -0.39 is 0 Å². The van der Waals surface area contributed by atoms with E-state index in [9.17, 15) is 4.79 Å². The van der Waals surface area contributed by atoms with Crippen LogP contribution >= 0.6 is 49.9 Å². The van der Waals surface area contributed by atoms with Gasteiger partial charge in [0.1, 0.15) is 6.29 Å². The van der Waals surface area contributed by atoms with Crippen molar-refractivity contribution in [3.8, 4) is 0 Å². The summed E-state index contributed by atoms with van der Waals surface area (Å²) in [5, 5.41) is 1.13. The smallest absolute Gasteiger partial charge is 0.150 e.